The normalized spacial score (nSPS) is 16.8. The van der Waals surface area contributed by atoms with E-state index in [1.165, 1.54) is 0 Å². The Kier molecular flexibility index (Phi) is 19.0. The van der Waals surface area contributed by atoms with Crippen LogP contribution in [0.1, 0.15) is 82.1 Å². The number of carbonyl (C=O) groups excluding carboxylic acids is 5. The largest absolute Gasteiger partial charge is 0.355 e. The molecule has 3 rings (SSSR count). The van der Waals surface area contributed by atoms with E-state index in [4.69, 9.17) is 21.4 Å². The van der Waals surface area contributed by atoms with Gasteiger partial charge >= 0.3 is 0 Å². The van der Waals surface area contributed by atoms with Gasteiger partial charge < -0.3 is 40.0 Å². The van der Waals surface area contributed by atoms with Crippen LogP contribution >= 0.6 is 0 Å². The van der Waals surface area contributed by atoms with Crippen LogP contribution in [0.3, 0.4) is 0 Å². The Morgan fingerprint density at radius 3 is 2.03 bits per heavy atom. The lowest BCUT2D eigenvalue weighted by Crippen LogP contribution is -2.59. The zero-order valence-corrected chi connectivity index (χ0v) is 34.3. The second kappa shape index (κ2) is 23.3. The van der Waals surface area contributed by atoms with Gasteiger partial charge in [0.1, 0.15) is 11.5 Å². The number of terminal acetylenes is 1. The number of benzene rings is 2. The summed E-state index contributed by atoms with van der Waals surface area (Å²) in [7, 11) is 5.66. The summed E-state index contributed by atoms with van der Waals surface area (Å²) in [5.74, 6) is -7.57. The molecule has 2 aromatic carbocycles. The fraction of sp³-hybridized carbons (Fsp3) is 0.537. The third-order valence-corrected chi connectivity index (χ3v) is 9.90. The first-order chi connectivity index (χ1) is 28.5. The Balaban J connectivity index is 1.50. The minimum absolute atomic E-state index is 0.0527. The molecule has 2 aromatic rings. The van der Waals surface area contributed by atoms with Crippen LogP contribution in [0.5, 0.6) is 0 Å². The van der Waals surface area contributed by atoms with E-state index in [0.717, 1.165) is 31.2 Å². The van der Waals surface area contributed by atoms with Gasteiger partial charge in [0.05, 0.1) is 46.5 Å². The number of Topliss-reactive ketones (excluding diaryl/α,β-unsaturated/α-hetero) is 1. The summed E-state index contributed by atoms with van der Waals surface area (Å²) in [5, 5.41) is 13.5. The van der Waals surface area contributed by atoms with Crippen LogP contribution < -0.4 is 21.3 Å². The Labute approximate surface area is 346 Å². The van der Waals surface area contributed by atoms with Crippen molar-refractivity contribution in [2.45, 2.75) is 83.5 Å². The van der Waals surface area contributed by atoms with Gasteiger partial charge in [-0.1, -0.05) is 36.0 Å². The number of azide groups is 1. The number of hydrogen-bond donors (Lipinski definition) is 4. The fourth-order valence-corrected chi connectivity index (χ4v) is 6.48. The topological polar surface area (TPSA) is 201 Å². The van der Waals surface area contributed by atoms with E-state index in [-0.39, 0.29) is 30.7 Å². The van der Waals surface area contributed by atoms with Crippen LogP contribution in [0.4, 0.5) is 28.9 Å². The van der Waals surface area contributed by atoms with E-state index in [1.807, 2.05) is 45.4 Å². The average Bonchev–Trinajstić information content (AvgIpc) is 3.20. The van der Waals surface area contributed by atoms with Crippen molar-refractivity contribution in [1.29, 1.82) is 0 Å². The second-order valence-corrected chi connectivity index (χ2v) is 15.4. The fourth-order valence-electron chi connectivity index (χ4n) is 6.48. The molecular weight excluding hydrogens is 792 g/mol. The van der Waals surface area contributed by atoms with Crippen molar-refractivity contribution in [3.05, 3.63) is 69.1 Å². The molecule has 1 saturated heterocycles. The molecule has 0 saturated carbocycles. The van der Waals surface area contributed by atoms with Crippen molar-refractivity contribution in [3.8, 4) is 12.3 Å². The zero-order valence-electron chi connectivity index (χ0n) is 34.3. The summed E-state index contributed by atoms with van der Waals surface area (Å²) in [6.45, 7) is 0.0687. The van der Waals surface area contributed by atoms with Gasteiger partial charge in [-0.15, -0.1) is 6.42 Å². The Morgan fingerprint density at radius 2 is 1.47 bits per heavy atom. The molecule has 0 radical (unpaired) electrons. The van der Waals surface area contributed by atoms with E-state index in [1.54, 1.807) is 6.92 Å². The summed E-state index contributed by atoms with van der Waals surface area (Å²) in [6, 6.07) is 6.96. The number of hydrogen-bond acceptors (Lipinski definition) is 8. The number of halogens is 4. The molecule has 60 heavy (non-hydrogen) atoms. The molecule has 4 amide bonds. The first kappa shape index (κ1) is 48.8. The third-order valence-electron chi connectivity index (χ3n) is 9.90. The molecule has 0 unspecified atom stereocenters. The molecule has 326 valence electrons. The molecule has 0 aliphatic carbocycles. The van der Waals surface area contributed by atoms with Crippen molar-refractivity contribution in [2.24, 2.45) is 10.5 Å². The highest BCUT2D eigenvalue weighted by molar-refractivity contribution is 6.05. The molecule has 0 aromatic heterocycles. The van der Waals surface area contributed by atoms with E-state index in [0.29, 0.717) is 55.2 Å². The molecule has 15 nitrogen and oxygen atoms in total. The highest BCUT2D eigenvalue weighted by Gasteiger charge is 2.51. The standard InChI is InChI=1S/C41H52F4N8O7/c1-6-21-48-39(57)41(24-59-38(60-25-41)31-32(42)34(44)36(51-52-46)35(45)33(31)43)40(58)49-22-12-11-14-29(53(3,4)5)37(56)47-23-20-27-16-18-28(19-17-27)50-30(55)15-10-8-7-9-13-26(2)54/h1,16-19,29,38H,7-15,20-25H2,2-5H3,(H3-,47,48,49,50,55,56,57,58)/p+1/t29-,38?,41?/m0/s1. The number of rotatable bonds is 23. The number of ketones is 1. The lowest BCUT2D eigenvalue weighted by atomic mass is 9.86. The molecular formula is C41H53F4N8O7+. The third kappa shape index (κ3) is 13.8. The zero-order chi connectivity index (χ0) is 44.5. The van der Waals surface area contributed by atoms with Crippen LogP contribution in [-0.4, -0.2) is 93.9 Å². The van der Waals surface area contributed by atoms with E-state index in [2.05, 4.69) is 37.2 Å². The second-order valence-electron chi connectivity index (χ2n) is 15.4. The van der Waals surface area contributed by atoms with Crippen LogP contribution in [-0.2, 0) is 39.9 Å². The van der Waals surface area contributed by atoms with Gasteiger partial charge in [0, 0.05) is 43.0 Å². The molecule has 0 bridgehead atoms. The number of quaternary nitrogens is 1. The van der Waals surface area contributed by atoms with Gasteiger partial charge in [-0.3, -0.25) is 19.2 Å². The predicted octanol–water partition coefficient (Wildman–Crippen LogP) is 5.55. The van der Waals surface area contributed by atoms with Crippen LogP contribution in [0, 0.1) is 41.0 Å². The number of nitrogens with zero attached hydrogens (tertiary/aromatic N) is 4. The number of anilines is 1. The quantitative estimate of drug-likeness (QED) is 0.0129. The van der Waals surface area contributed by atoms with Crippen LogP contribution in [0.25, 0.3) is 10.4 Å². The Morgan fingerprint density at radius 1 is 0.867 bits per heavy atom. The highest BCUT2D eigenvalue weighted by Crippen LogP contribution is 2.39. The van der Waals surface area contributed by atoms with Gasteiger partial charge in [-0.05, 0) is 62.3 Å². The van der Waals surface area contributed by atoms with Crippen molar-refractivity contribution in [1.82, 2.24) is 16.0 Å². The van der Waals surface area contributed by atoms with Gasteiger partial charge in [0.2, 0.25) is 17.7 Å². The Hall–Kier alpha value is -5.54. The summed E-state index contributed by atoms with van der Waals surface area (Å²) in [6.07, 6.45) is 9.42. The lowest BCUT2D eigenvalue weighted by molar-refractivity contribution is -0.886. The number of unbranched alkanes of at least 4 members (excludes halogenated alkanes) is 4. The molecule has 0 spiro atoms. The number of nitrogens with one attached hydrogen (secondary N) is 4. The SMILES string of the molecule is C#CCNC(=O)C1(C(=O)NCCCC[C@@H](C(=O)NCCc2ccc(NC(=O)CCCCCCC(C)=O)cc2)[N+](C)(C)C)COC(c2c(F)c(F)c(N=[N+]=[N-])c(F)c2F)OC1. The first-order valence-electron chi connectivity index (χ1n) is 19.6. The maximum Gasteiger partial charge on any atom is 0.278 e. The highest BCUT2D eigenvalue weighted by atomic mass is 19.2. The van der Waals surface area contributed by atoms with Crippen LogP contribution in [0.2, 0.25) is 0 Å². The molecule has 1 atom stereocenters. The van der Waals surface area contributed by atoms with Crippen molar-refractivity contribution >= 4 is 40.8 Å². The van der Waals surface area contributed by atoms with E-state index in [9.17, 15) is 41.5 Å². The summed E-state index contributed by atoms with van der Waals surface area (Å²) >= 11 is 0. The van der Waals surface area contributed by atoms with Crippen LogP contribution in [0.15, 0.2) is 29.4 Å². The molecule has 1 heterocycles. The summed E-state index contributed by atoms with van der Waals surface area (Å²) in [4.78, 5) is 65.5. The van der Waals surface area contributed by atoms with Gasteiger partial charge in [-0.2, -0.15) is 0 Å². The van der Waals surface area contributed by atoms with Crippen molar-refractivity contribution < 1.29 is 55.5 Å². The van der Waals surface area contributed by atoms with Gasteiger partial charge in [0.15, 0.2) is 41.0 Å². The average molecular weight is 846 g/mol. The monoisotopic (exact) mass is 845 g/mol. The minimum Gasteiger partial charge on any atom is -0.355 e. The van der Waals surface area contributed by atoms with E-state index < -0.39 is 77.3 Å². The first-order valence-corrected chi connectivity index (χ1v) is 19.6. The number of carbonyl (C=O) groups is 5. The molecule has 4 N–H and O–H groups in total. The molecule has 19 heteroatoms. The molecule has 1 fully saturated rings. The Bertz CT molecular complexity index is 1910. The number of amides is 4. The number of likely N-dealkylation sites (N-methyl/N-ethyl adjacent to an activating group) is 1. The predicted molar refractivity (Wildman–Crippen MR) is 213 cm³/mol. The molecule has 1 aliphatic heterocycles. The van der Waals surface area contributed by atoms with Gasteiger partial charge in [-0.25, -0.2) is 17.6 Å². The minimum atomic E-state index is -2.11. The smallest absolute Gasteiger partial charge is 0.278 e. The summed E-state index contributed by atoms with van der Waals surface area (Å²) < 4.78 is 69.4. The van der Waals surface area contributed by atoms with Crippen molar-refractivity contribution in [3.63, 3.8) is 0 Å². The van der Waals surface area contributed by atoms with Gasteiger partial charge in [0.25, 0.3) is 5.91 Å². The molecule has 1 aliphatic rings. The van der Waals surface area contributed by atoms with E-state index >= 15 is 0 Å². The van der Waals surface area contributed by atoms with Crippen molar-refractivity contribution in [2.75, 3.05) is 59.3 Å². The summed E-state index contributed by atoms with van der Waals surface area (Å²) in [5.41, 5.74) is 5.17. The maximum atomic E-state index is 14.8. The number of ether oxygens (including phenoxy) is 2. The lowest BCUT2D eigenvalue weighted by Gasteiger charge is -2.37. The maximum absolute atomic E-state index is 14.8.